The molecule has 0 radical (unpaired) electrons. The standard InChI is InChI=1S/C22H28N2O3/c1-25-21(26-2)12-14-23-13-11-18-15-24-19-9-6-10-20(22(18)19)27-16-17-7-4-3-5-8-17/h3-10,15,21,23-24H,11-14,16H2,1-2H3. The molecule has 0 amide bonds. The van der Waals surface area contributed by atoms with Gasteiger partial charge in [0, 0.05) is 37.7 Å². The number of aromatic nitrogens is 1. The molecule has 2 N–H and O–H groups in total. The Balaban J connectivity index is 1.59. The zero-order valence-electron chi connectivity index (χ0n) is 16.0. The van der Waals surface area contributed by atoms with E-state index in [4.69, 9.17) is 14.2 Å². The first-order chi connectivity index (χ1) is 13.3. The van der Waals surface area contributed by atoms with Gasteiger partial charge in [0.05, 0.1) is 0 Å². The van der Waals surface area contributed by atoms with Gasteiger partial charge in [0.1, 0.15) is 12.4 Å². The van der Waals surface area contributed by atoms with Crippen molar-refractivity contribution in [3.8, 4) is 5.75 Å². The fraction of sp³-hybridized carbons (Fsp3) is 0.364. The van der Waals surface area contributed by atoms with Gasteiger partial charge in [0.25, 0.3) is 0 Å². The monoisotopic (exact) mass is 368 g/mol. The van der Waals surface area contributed by atoms with Crippen molar-refractivity contribution in [1.29, 1.82) is 0 Å². The second kappa shape index (κ2) is 10.1. The lowest BCUT2D eigenvalue weighted by atomic mass is 10.1. The SMILES string of the molecule is COC(CCNCCc1c[nH]c2cccc(OCc3ccccc3)c12)OC. The molecular formula is C22H28N2O3. The van der Waals surface area contributed by atoms with Crippen molar-refractivity contribution >= 4 is 10.9 Å². The smallest absolute Gasteiger partial charge is 0.158 e. The van der Waals surface area contributed by atoms with Gasteiger partial charge in [-0.3, -0.25) is 0 Å². The van der Waals surface area contributed by atoms with Gasteiger partial charge in [-0.1, -0.05) is 36.4 Å². The van der Waals surface area contributed by atoms with Crippen molar-refractivity contribution in [2.75, 3.05) is 27.3 Å². The van der Waals surface area contributed by atoms with Gasteiger partial charge in [-0.15, -0.1) is 0 Å². The molecule has 0 saturated carbocycles. The molecule has 3 aromatic rings. The number of methoxy groups -OCH3 is 2. The number of rotatable bonds is 11. The van der Waals surface area contributed by atoms with E-state index >= 15 is 0 Å². The minimum absolute atomic E-state index is 0.149. The molecule has 1 aromatic heterocycles. The van der Waals surface area contributed by atoms with Crippen LogP contribution in [0.5, 0.6) is 5.75 Å². The van der Waals surface area contributed by atoms with Gasteiger partial charge >= 0.3 is 0 Å². The summed E-state index contributed by atoms with van der Waals surface area (Å²) in [4.78, 5) is 3.36. The summed E-state index contributed by atoms with van der Waals surface area (Å²) < 4.78 is 16.5. The molecule has 0 aliphatic rings. The second-order valence-electron chi connectivity index (χ2n) is 6.46. The lowest BCUT2D eigenvalue weighted by Crippen LogP contribution is -2.24. The number of aromatic amines is 1. The first-order valence-corrected chi connectivity index (χ1v) is 9.34. The van der Waals surface area contributed by atoms with E-state index in [2.05, 4.69) is 34.7 Å². The Morgan fingerprint density at radius 2 is 1.78 bits per heavy atom. The third kappa shape index (κ3) is 5.32. The van der Waals surface area contributed by atoms with E-state index in [9.17, 15) is 0 Å². The van der Waals surface area contributed by atoms with Crippen molar-refractivity contribution in [2.24, 2.45) is 0 Å². The first-order valence-electron chi connectivity index (χ1n) is 9.34. The van der Waals surface area contributed by atoms with Gasteiger partial charge in [0.15, 0.2) is 6.29 Å². The number of ether oxygens (including phenoxy) is 3. The fourth-order valence-electron chi connectivity index (χ4n) is 3.17. The molecule has 0 bridgehead atoms. The summed E-state index contributed by atoms with van der Waals surface area (Å²) in [6.45, 7) is 2.31. The zero-order chi connectivity index (χ0) is 18.9. The number of hydrogen-bond donors (Lipinski definition) is 2. The third-order valence-electron chi connectivity index (χ3n) is 4.64. The molecule has 0 spiro atoms. The summed E-state index contributed by atoms with van der Waals surface area (Å²) in [6, 6.07) is 16.4. The van der Waals surface area contributed by atoms with Crippen LogP contribution in [0.15, 0.2) is 54.7 Å². The van der Waals surface area contributed by atoms with Crippen LogP contribution < -0.4 is 10.1 Å². The van der Waals surface area contributed by atoms with Crippen molar-refractivity contribution in [2.45, 2.75) is 25.7 Å². The minimum Gasteiger partial charge on any atom is -0.488 e. The molecule has 0 aliphatic carbocycles. The molecule has 144 valence electrons. The Labute approximate surface area is 160 Å². The first kappa shape index (κ1) is 19.4. The van der Waals surface area contributed by atoms with Crippen LogP contribution >= 0.6 is 0 Å². The largest absolute Gasteiger partial charge is 0.488 e. The Morgan fingerprint density at radius 3 is 2.56 bits per heavy atom. The highest BCUT2D eigenvalue weighted by Crippen LogP contribution is 2.29. The molecule has 27 heavy (non-hydrogen) atoms. The number of H-pyrrole nitrogens is 1. The Hall–Kier alpha value is -2.34. The van der Waals surface area contributed by atoms with Crippen LogP contribution in [-0.4, -0.2) is 38.6 Å². The summed E-state index contributed by atoms with van der Waals surface area (Å²) >= 11 is 0. The second-order valence-corrected chi connectivity index (χ2v) is 6.46. The van der Waals surface area contributed by atoms with Gasteiger partial charge in [-0.05, 0) is 42.8 Å². The zero-order valence-corrected chi connectivity index (χ0v) is 16.0. The van der Waals surface area contributed by atoms with E-state index in [0.717, 1.165) is 37.2 Å². The molecule has 0 aliphatic heterocycles. The van der Waals surface area contributed by atoms with Crippen LogP contribution in [0, 0.1) is 0 Å². The average molecular weight is 368 g/mol. The quantitative estimate of drug-likeness (QED) is 0.398. The lowest BCUT2D eigenvalue weighted by Gasteiger charge is -2.13. The highest BCUT2D eigenvalue weighted by atomic mass is 16.7. The van der Waals surface area contributed by atoms with E-state index in [1.54, 1.807) is 14.2 Å². The predicted molar refractivity (Wildman–Crippen MR) is 108 cm³/mol. The van der Waals surface area contributed by atoms with E-state index < -0.39 is 0 Å². The van der Waals surface area contributed by atoms with Crippen LogP contribution in [0.3, 0.4) is 0 Å². The molecule has 5 heteroatoms. The molecule has 0 fully saturated rings. The predicted octanol–water partition coefficient (Wildman–Crippen LogP) is 3.89. The lowest BCUT2D eigenvalue weighted by molar-refractivity contribution is -0.105. The Morgan fingerprint density at radius 1 is 0.963 bits per heavy atom. The molecule has 1 heterocycles. The number of nitrogens with one attached hydrogen (secondary N) is 2. The maximum atomic E-state index is 6.12. The van der Waals surface area contributed by atoms with Crippen LogP contribution in [0.4, 0.5) is 0 Å². The van der Waals surface area contributed by atoms with Crippen LogP contribution in [0.1, 0.15) is 17.5 Å². The Bertz CT molecular complexity index is 813. The normalized spacial score (nSPS) is 11.4. The van der Waals surface area contributed by atoms with Crippen molar-refractivity contribution in [3.05, 3.63) is 65.9 Å². The van der Waals surface area contributed by atoms with Gasteiger partial charge in [0.2, 0.25) is 0 Å². The number of hydrogen-bond acceptors (Lipinski definition) is 4. The molecule has 0 unspecified atom stereocenters. The van der Waals surface area contributed by atoms with E-state index in [-0.39, 0.29) is 6.29 Å². The summed E-state index contributed by atoms with van der Waals surface area (Å²) in [7, 11) is 3.33. The van der Waals surface area contributed by atoms with Crippen LogP contribution in [0.25, 0.3) is 10.9 Å². The van der Waals surface area contributed by atoms with Crippen LogP contribution in [0.2, 0.25) is 0 Å². The summed E-state index contributed by atoms with van der Waals surface area (Å²) in [5.41, 5.74) is 3.53. The van der Waals surface area contributed by atoms with Gasteiger partial charge < -0.3 is 24.5 Å². The highest BCUT2D eigenvalue weighted by molar-refractivity contribution is 5.89. The number of benzene rings is 2. The molecular weight excluding hydrogens is 340 g/mol. The molecule has 3 rings (SSSR count). The summed E-state index contributed by atoms with van der Waals surface area (Å²) in [5.74, 6) is 0.923. The molecule has 0 atom stereocenters. The average Bonchev–Trinajstić information content (AvgIpc) is 3.14. The number of fused-ring (bicyclic) bond motifs is 1. The van der Waals surface area contributed by atoms with E-state index in [0.29, 0.717) is 6.61 Å². The van der Waals surface area contributed by atoms with Crippen molar-refractivity contribution < 1.29 is 14.2 Å². The topological polar surface area (TPSA) is 55.5 Å². The fourth-order valence-corrected chi connectivity index (χ4v) is 3.17. The molecule has 0 saturated heterocycles. The Kier molecular flexibility index (Phi) is 7.27. The summed E-state index contributed by atoms with van der Waals surface area (Å²) in [5, 5.41) is 4.62. The maximum Gasteiger partial charge on any atom is 0.158 e. The van der Waals surface area contributed by atoms with Crippen molar-refractivity contribution in [3.63, 3.8) is 0 Å². The van der Waals surface area contributed by atoms with E-state index in [1.807, 2.05) is 30.3 Å². The molecule has 5 nitrogen and oxygen atoms in total. The molecule has 2 aromatic carbocycles. The maximum absolute atomic E-state index is 6.12. The van der Waals surface area contributed by atoms with E-state index in [1.165, 1.54) is 16.5 Å². The van der Waals surface area contributed by atoms with Gasteiger partial charge in [-0.2, -0.15) is 0 Å². The third-order valence-corrected chi connectivity index (χ3v) is 4.64. The van der Waals surface area contributed by atoms with Crippen molar-refractivity contribution in [1.82, 2.24) is 10.3 Å². The summed E-state index contributed by atoms with van der Waals surface area (Å²) in [6.07, 6.45) is 3.68. The van der Waals surface area contributed by atoms with Gasteiger partial charge in [-0.25, -0.2) is 0 Å². The van der Waals surface area contributed by atoms with Crippen LogP contribution in [-0.2, 0) is 22.5 Å². The minimum atomic E-state index is -0.149. The highest BCUT2D eigenvalue weighted by Gasteiger charge is 2.10.